The van der Waals surface area contributed by atoms with Gasteiger partial charge < -0.3 is 10.1 Å². The zero-order valence-corrected chi connectivity index (χ0v) is 14.5. The molecule has 0 spiro atoms. The minimum Gasteiger partial charge on any atom is -0.489 e. The highest BCUT2D eigenvalue weighted by Crippen LogP contribution is 2.19. The van der Waals surface area contributed by atoms with Crippen molar-refractivity contribution < 1.29 is 4.74 Å². The molecule has 2 aromatic rings. The van der Waals surface area contributed by atoms with E-state index in [0.29, 0.717) is 6.04 Å². The second kappa shape index (κ2) is 8.95. The minimum absolute atomic E-state index is 0. The van der Waals surface area contributed by atoms with Gasteiger partial charge in [0.15, 0.2) is 0 Å². The summed E-state index contributed by atoms with van der Waals surface area (Å²) in [5.74, 6) is 0.969. The molecule has 1 unspecified atom stereocenters. The summed E-state index contributed by atoms with van der Waals surface area (Å²) in [4.78, 5) is 0. The fourth-order valence-corrected chi connectivity index (χ4v) is 3.09. The van der Waals surface area contributed by atoms with Gasteiger partial charge in [-0.25, -0.2) is 0 Å². The Morgan fingerprint density at radius 2 is 1.70 bits per heavy atom. The molecule has 0 radical (unpaired) electrons. The van der Waals surface area contributed by atoms with Gasteiger partial charge in [0.25, 0.3) is 0 Å². The van der Waals surface area contributed by atoms with Crippen LogP contribution >= 0.6 is 12.4 Å². The van der Waals surface area contributed by atoms with E-state index < -0.39 is 0 Å². The molecule has 124 valence electrons. The molecule has 0 bridgehead atoms. The van der Waals surface area contributed by atoms with E-state index in [1.165, 1.54) is 30.4 Å². The second-order valence-electron chi connectivity index (χ2n) is 6.19. The molecule has 0 amide bonds. The Hall–Kier alpha value is -1.51. The smallest absolute Gasteiger partial charge is 0.119 e. The van der Waals surface area contributed by atoms with E-state index in [1.807, 2.05) is 0 Å². The second-order valence-corrected chi connectivity index (χ2v) is 6.19. The zero-order valence-electron chi connectivity index (χ0n) is 13.7. The fraction of sp³-hybridized carbons (Fsp3) is 0.400. The lowest BCUT2D eigenvalue weighted by atomic mass is 10.0. The molecule has 0 aromatic heterocycles. The van der Waals surface area contributed by atoms with Crippen molar-refractivity contribution in [3.05, 3.63) is 65.7 Å². The molecule has 1 aliphatic heterocycles. The molecule has 1 N–H and O–H groups in total. The largest absolute Gasteiger partial charge is 0.489 e. The first kappa shape index (κ1) is 17.8. The molecule has 2 atom stereocenters. The van der Waals surface area contributed by atoms with Gasteiger partial charge in [0.05, 0.1) is 0 Å². The van der Waals surface area contributed by atoms with Gasteiger partial charge in [-0.2, -0.15) is 0 Å². The van der Waals surface area contributed by atoms with Crippen LogP contribution in [-0.4, -0.2) is 18.7 Å². The molecule has 3 rings (SSSR count). The normalized spacial score (nSPS) is 18.7. The van der Waals surface area contributed by atoms with Gasteiger partial charge in [-0.3, -0.25) is 0 Å². The first-order valence-electron chi connectivity index (χ1n) is 8.34. The van der Waals surface area contributed by atoms with E-state index in [1.54, 1.807) is 0 Å². The Balaban J connectivity index is 0.00000192. The number of benzene rings is 2. The van der Waals surface area contributed by atoms with Crippen LogP contribution in [0, 0.1) is 0 Å². The molecule has 1 aliphatic rings. The Morgan fingerprint density at radius 3 is 2.35 bits per heavy atom. The predicted molar refractivity (Wildman–Crippen MR) is 98.7 cm³/mol. The van der Waals surface area contributed by atoms with Crippen molar-refractivity contribution in [2.75, 3.05) is 6.54 Å². The quantitative estimate of drug-likeness (QED) is 0.864. The number of halogens is 1. The van der Waals surface area contributed by atoms with Gasteiger partial charge in [0, 0.05) is 6.04 Å². The molecular weight excluding hydrogens is 306 g/mol. The summed E-state index contributed by atoms with van der Waals surface area (Å²) < 4.78 is 6.10. The number of hydrogen-bond donors (Lipinski definition) is 1. The third-order valence-electron chi connectivity index (χ3n) is 4.41. The lowest BCUT2D eigenvalue weighted by Crippen LogP contribution is -2.44. The molecule has 23 heavy (non-hydrogen) atoms. The summed E-state index contributed by atoms with van der Waals surface area (Å²) in [5, 5.41) is 3.56. The topological polar surface area (TPSA) is 21.3 Å². The molecule has 1 fully saturated rings. The SMILES string of the molecule is CC(Oc1ccc(Cc2ccccc2)cc1)[C@@H]1CCCCN1.Cl. The summed E-state index contributed by atoms with van der Waals surface area (Å²) in [5.41, 5.74) is 2.66. The van der Waals surface area contributed by atoms with Crippen molar-refractivity contribution in [2.45, 2.75) is 44.8 Å². The molecule has 1 saturated heterocycles. The maximum absolute atomic E-state index is 6.10. The first-order valence-corrected chi connectivity index (χ1v) is 8.34. The van der Waals surface area contributed by atoms with Crippen LogP contribution in [0.15, 0.2) is 54.6 Å². The highest BCUT2D eigenvalue weighted by molar-refractivity contribution is 5.85. The van der Waals surface area contributed by atoms with E-state index in [-0.39, 0.29) is 18.5 Å². The van der Waals surface area contributed by atoms with E-state index >= 15 is 0 Å². The van der Waals surface area contributed by atoms with Crippen molar-refractivity contribution in [1.82, 2.24) is 5.32 Å². The van der Waals surface area contributed by atoms with Gasteiger partial charge in [-0.1, -0.05) is 48.9 Å². The van der Waals surface area contributed by atoms with Crippen molar-refractivity contribution in [3.63, 3.8) is 0 Å². The average molecular weight is 332 g/mol. The van der Waals surface area contributed by atoms with Crippen LogP contribution in [0.3, 0.4) is 0 Å². The summed E-state index contributed by atoms with van der Waals surface area (Å²) in [6.45, 7) is 3.29. The van der Waals surface area contributed by atoms with Crippen molar-refractivity contribution in [2.24, 2.45) is 0 Å². The van der Waals surface area contributed by atoms with E-state index in [2.05, 4.69) is 66.8 Å². The number of rotatable bonds is 5. The molecular formula is C20H26ClNO. The van der Waals surface area contributed by atoms with Gasteiger partial charge in [-0.05, 0) is 56.0 Å². The first-order chi connectivity index (χ1) is 10.8. The van der Waals surface area contributed by atoms with E-state index in [9.17, 15) is 0 Å². The Kier molecular flexibility index (Phi) is 6.94. The molecule has 0 saturated carbocycles. The van der Waals surface area contributed by atoms with Crippen LogP contribution in [-0.2, 0) is 6.42 Å². The van der Waals surface area contributed by atoms with Gasteiger partial charge in [0.1, 0.15) is 11.9 Å². The predicted octanol–water partition coefficient (Wildman–Crippen LogP) is 4.61. The molecule has 2 nitrogen and oxygen atoms in total. The number of nitrogens with one attached hydrogen (secondary N) is 1. The monoisotopic (exact) mass is 331 g/mol. The van der Waals surface area contributed by atoms with Crippen LogP contribution in [0.1, 0.15) is 37.3 Å². The lowest BCUT2D eigenvalue weighted by Gasteiger charge is -2.29. The number of hydrogen-bond acceptors (Lipinski definition) is 2. The van der Waals surface area contributed by atoms with E-state index in [0.717, 1.165) is 18.7 Å². The standard InChI is InChI=1S/C20H25NO.ClH/c1-16(20-9-5-6-14-21-20)22-19-12-10-18(11-13-19)15-17-7-3-2-4-8-17;/h2-4,7-8,10-13,16,20-21H,5-6,9,14-15H2,1H3;1H/t16?,20-;/m0./s1. The van der Waals surface area contributed by atoms with Crippen molar-refractivity contribution in [1.29, 1.82) is 0 Å². The van der Waals surface area contributed by atoms with E-state index in [4.69, 9.17) is 4.74 Å². The third-order valence-corrected chi connectivity index (χ3v) is 4.41. The zero-order chi connectivity index (χ0) is 15.2. The van der Waals surface area contributed by atoms with Gasteiger partial charge >= 0.3 is 0 Å². The molecule has 0 aliphatic carbocycles. The summed E-state index contributed by atoms with van der Waals surface area (Å²) >= 11 is 0. The minimum atomic E-state index is 0. The Labute approximate surface area is 145 Å². The third kappa shape index (κ3) is 5.26. The van der Waals surface area contributed by atoms with Crippen LogP contribution in [0.25, 0.3) is 0 Å². The summed E-state index contributed by atoms with van der Waals surface area (Å²) in [6.07, 6.45) is 5.01. The van der Waals surface area contributed by atoms with Crippen LogP contribution < -0.4 is 10.1 Å². The molecule has 1 heterocycles. The van der Waals surface area contributed by atoms with Crippen LogP contribution in [0.4, 0.5) is 0 Å². The number of ether oxygens (including phenoxy) is 1. The fourth-order valence-electron chi connectivity index (χ4n) is 3.09. The Morgan fingerprint density at radius 1 is 1.00 bits per heavy atom. The van der Waals surface area contributed by atoms with Gasteiger partial charge in [0.2, 0.25) is 0 Å². The maximum atomic E-state index is 6.10. The Bertz CT molecular complexity index is 564. The summed E-state index contributed by atoms with van der Waals surface area (Å²) in [7, 11) is 0. The molecule has 2 aromatic carbocycles. The van der Waals surface area contributed by atoms with Crippen molar-refractivity contribution >= 4 is 12.4 Å². The highest BCUT2D eigenvalue weighted by Gasteiger charge is 2.20. The van der Waals surface area contributed by atoms with Crippen LogP contribution in [0.5, 0.6) is 5.75 Å². The van der Waals surface area contributed by atoms with Gasteiger partial charge in [-0.15, -0.1) is 12.4 Å². The maximum Gasteiger partial charge on any atom is 0.119 e. The van der Waals surface area contributed by atoms with Crippen molar-refractivity contribution in [3.8, 4) is 5.75 Å². The van der Waals surface area contributed by atoms with Crippen LogP contribution in [0.2, 0.25) is 0 Å². The summed E-state index contributed by atoms with van der Waals surface area (Å²) in [6, 6.07) is 19.6. The lowest BCUT2D eigenvalue weighted by molar-refractivity contribution is 0.152. The highest BCUT2D eigenvalue weighted by atomic mass is 35.5. The average Bonchev–Trinajstić information content (AvgIpc) is 2.58. The number of piperidine rings is 1. The molecule has 3 heteroatoms.